The molecule has 2 N–H and O–H groups in total. The van der Waals surface area contributed by atoms with E-state index in [1.165, 1.54) is 17.9 Å². The first-order valence-electron chi connectivity index (χ1n) is 6.11. The summed E-state index contributed by atoms with van der Waals surface area (Å²) in [4.78, 5) is 24.7. The topological polar surface area (TPSA) is 69.6 Å². The maximum Gasteiger partial charge on any atom is 0.329 e. The number of carboxylic acids is 1. The summed E-state index contributed by atoms with van der Waals surface area (Å²) in [5.74, 6) is -1.63. The van der Waals surface area contributed by atoms with Gasteiger partial charge in [0.25, 0.3) is 0 Å². The highest BCUT2D eigenvalue weighted by atomic mass is 35.5. The maximum absolute atomic E-state index is 13.2. The molecule has 1 aromatic carbocycles. The summed E-state index contributed by atoms with van der Waals surface area (Å²) in [5.41, 5.74) is -1.04. The average molecular weight is 301 g/mol. The van der Waals surface area contributed by atoms with Gasteiger partial charge in [0.2, 0.25) is 0 Å². The maximum atomic E-state index is 13.2. The summed E-state index contributed by atoms with van der Waals surface area (Å²) in [6.07, 6.45) is 1.000. The number of hydrogen-bond acceptors (Lipinski definition) is 2. The highest BCUT2D eigenvalue weighted by Crippen LogP contribution is 2.30. The van der Waals surface area contributed by atoms with E-state index < -0.39 is 23.4 Å². The van der Waals surface area contributed by atoms with Crippen LogP contribution in [0.4, 0.5) is 14.9 Å². The summed E-state index contributed by atoms with van der Waals surface area (Å²) in [7, 11) is 0. The SMILES string of the molecule is CC1(C(=O)O)CCCN1C(=O)Nc1cc(F)cc(Cl)c1. The van der Waals surface area contributed by atoms with E-state index in [0.29, 0.717) is 19.4 Å². The summed E-state index contributed by atoms with van der Waals surface area (Å²) in [6, 6.07) is 3.07. The molecule has 2 rings (SSSR count). The zero-order chi connectivity index (χ0) is 14.9. The molecular weight excluding hydrogens is 287 g/mol. The molecule has 0 radical (unpaired) electrons. The lowest BCUT2D eigenvalue weighted by atomic mass is 10.00. The van der Waals surface area contributed by atoms with E-state index in [1.54, 1.807) is 0 Å². The number of carboxylic acid groups (broad SMARTS) is 1. The van der Waals surface area contributed by atoms with Gasteiger partial charge >= 0.3 is 12.0 Å². The minimum atomic E-state index is -1.23. The Labute approximate surface area is 120 Å². The number of hydrogen-bond donors (Lipinski definition) is 2. The number of anilines is 1. The number of benzene rings is 1. The van der Waals surface area contributed by atoms with E-state index in [9.17, 15) is 19.1 Å². The van der Waals surface area contributed by atoms with Crippen LogP contribution in [0.15, 0.2) is 18.2 Å². The Balaban J connectivity index is 2.17. The molecule has 1 unspecified atom stereocenters. The van der Waals surface area contributed by atoms with E-state index in [-0.39, 0.29) is 10.7 Å². The molecule has 0 aliphatic carbocycles. The predicted octanol–water partition coefficient (Wildman–Crippen LogP) is 2.95. The van der Waals surface area contributed by atoms with Gasteiger partial charge in [0.1, 0.15) is 11.4 Å². The number of likely N-dealkylation sites (tertiary alicyclic amines) is 1. The van der Waals surface area contributed by atoms with Crippen molar-refractivity contribution in [1.29, 1.82) is 0 Å². The predicted molar refractivity (Wildman–Crippen MR) is 72.4 cm³/mol. The summed E-state index contributed by atoms with van der Waals surface area (Å²) >= 11 is 5.70. The minimum absolute atomic E-state index is 0.155. The Kier molecular flexibility index (Phi) is 3.85. The van der Waals surface area contributed by atoms with Gasteiger partial charge in [0.15, 0.2) is 0 Å². The second-order valence-electron chi connectivity index (χ2n) is 4.92. The first kappa shape index (κ1) is 14.6. The standard InChI is InChI=1S/C13H14ClFN2O3/c1-13(11(18)19)3-2-4-17(13)12(20)16-10-6-8(14)5-9(15)7-10/h5-7H,2-4H2,1H3,(H,16,20)(H,18,19). The number of nitrogens with zero attached hydrogens (tertiary/aromatic N) is 1. The van der Waals surface area contributed by atoms with Crippen molar-refractivity contribution in [1.82, 2.24) is 4.90 Å². The zero-order valence-corrected chi connectivity index (χ0v) is 11.6. The van der Waals surface area contributed by atoms with E-state index in [2.05, 4.69) is 5.32 Å². The van der Waals surface area contributed by atoms with Crippen molar-refractivity contribution in [2.45, 2.75) is 25.3 Å². The number of urea groups is 1. The van der Waals surface area contributed by atoms with Crippen LogP contribution in [0.2, 0.25) is 5.02 Å². The van der Waals surface area contributed by atoms with Crippen LogP contribution in [0.3, 0.4) is 0 Å². The number of carbonyl (C=O) groups is 2. The van der Waals surface area contributed by atoms with Gasteiger partial charge < -0.3 is 15.3 Å². The highest BCUT2D eigenvalue weighted by molar-refractivity contribution is 6.30. The second kappa shape index (κ2) is 5.28. The molecule has 0 bridgehead atoms. The lowest BCUT2D eigenvalue weighted by Gasteiger charge is -2.31. The van der Waals surface area contributed by atoms with E-state index >= 15 is 0 Å². The number of halogens is 2. The molecule has 5 nitrogen and oxygen atoms in total. The molecule has 0 aromatic heterocycles. The van der Waals surface area contributed by atoms with Crippen molar-refractivity contribution in [2.75, 3.05) is 11.9 Å². The lowest BCUT2D eigenvalue weighted by molar-refractivity contribution is -0.146. The van der Waals surface area contributed by atoms with Crippen molar-refractivity contribution >= 4 is 29.3 Å². The quantitative estimate of drug-likeness (QED) is 0.882. The van der Waals surface area contributed by atoms with Crippen LogP contribution in [-0.2, 0) is 4.79 Å². The molecule has 1 saturated heterocycles. The molecule has 20 heavy (non-hydrogen) atoms. The van der Waals surface area contributed by atoms with Gasteiger partial charge in [-0.15, -0.1) is 0 Å². The molecule has 1 aliphatic heterocycles. The summed E-state index contributed by atoms with van der Waals surface area (Å²) in [5, 5.41) is 11.9. The first-order chi connectivity index (χ1) is 9.33. The molecule has 0 spiro atoms. The Morgan fingerprint density at radius 2 is 2.15 bits per heavy atom. The van der Waals surface area contributed by atoms with Gasteiger partial charge in [-0.25, -0.2) is 14.0 Å². The third kappa shape index (κ3) is 2.70. The van der Waals surface area contributed by atoms with Crippen molar-refractivity contribution < 1.29 is 19.1 Å². The van der Waals surface area contributed by atoms with Crippen molar-refractivity contribution in [3.63, 3.8) is 0 Å². The Hall–Kier alpha value is -1.82. The third-order valence-corrected chi connectivity index (χ3v) is 3.68. The molecule has 0 saturated carbocycles. The van der Waals surface area contributed by atoms with Crippen molar-refractivity contribution in [3.8, 4) is 0 Å². The fourth-order valence-electron chi connectivity index (χ4n) is 2.33. The van der Waals surface area contributed by atoms with Gasteiger partial charge in [0.05, 0.1) is 0 Å². The van der Waals surface area contributed by atoms with Crippen LogP contribution < -0.4 is 5.32 Å². The number of rotatable bonds is 2. The molecule has 1 heterocycles. The molecule has 7 heteroatoms. The van der Waals surface area contributed by atoms with E-state index in [1.807, 2.05) is 0 Å². The second-order valence-corrected chi connectivity index (χ2v) is 5.36. The highest BCUT2D eigenvalue weighted by Gasteiger charge is 2.46. The summed E-state index contributed by atoms with van der Waals surface area (Å²) < 4.78 is 13.2. The monoisotopic (exact) mass is 300 g/mol. The number of amides is 2. The normalized spacial score (nSPS) is 21.9. The molecule has 1 atom stereocenters. The largest absolute Gasteiger partial charge is 0.480 e. The van der Waals surface area contributed by atoms with Gasteiger partial charge in [0, 0.05) is 17.3 Å². The fraction of sp³-hybridized carbons (Fsp3) is 0.385. The van der Waals surface area contributed by atoms with Gasteiger partial charge in [-0.1, -0.05) is 11.6 Å². The molecule has 1 aromatic rings. The zero-order valence-electron chi connectivity index (χ0n) is 10.8. The number of aliphatic carboxylic acids is 1. The van der Waals surface area contributed by atoms with Gasteiger partial charge in [-0.2, -0.15) is 0 Å². The molecule has 108 valence electrons. The Morgan fingerprint density at radius 1 is 1.45 bits per heavy atom. The average Bonchev–Trinajstić information content (AvgIpc) is 2.71. The van der Waals surface area contributed by atoms with Crippen LogP contribution in [-0.4, -0.2) is 34.1 Å². The Bertz CT molecular complexity index is 546. The van der Waals surface area contributed by atoms with Gasteiger partial charge in [-0.3, -0.25) is 0 Å². The van der Waals surface area contributed by atoms with Crippen molar-refractivity contribution in [2.24, 2.45) is 0 Å². The number of carbonyl (C=O) groups excluding carboxylic acids is 1. The van der Waals surface area contributed by atoms with Crippen LogP contribution >= 0.6 is 11.6 Å². The lowest BCUT2D eigenvalue weighted by Crippen LogP contribution is -2.52. The van der Waals surface area contributed by atoms with Crippen LogP contribution in [0.5, 0.6) is 0 Å². The number of nitrogens with one attached hydrogen (secondary N) is 1. The van der Waals surface area contributed by atoms with Crippen LogP contribution in [0, 0.1) is 5.82 Å². The molecule has 1 aliphatic rings. The smallest absolute Gasteiger partial charge is 0.329 e. The molecule has 2 amide bonds. The molecular formula is C13H14ClFN2O3. The minimum Gasteiger partial charge on any atom is -0.480 e. The van der Waals surface area contributed by atoms with Crippen LogP contribution in [0.1, 0.15) is 19.8 Å². The third-order valence-electron chi connectivity index (χ3n) is 3.46. The Morgan fingerprint density at radius 3 is 2.75 bits per heavy atom. The van der Waals surface area contributed by atoms with Crippen LogP contribution in [0.25, 0.3) is 0 Å². The first-order valence-corrected chi connectivity index (χ1v) is 6.49. The van der Waals surface area contributed by atoms with E-state index in [4.69, 9.17) is 11.6 Å². The van der Waals surface area contributed by atoms with Gasteiger partial charge in [-0.05, 0) is 38.0 Å². The molecule has 1 fully saturated rings. The fourth-order valence-corrected chi connectivity index (χ4v) is 2.55. The summed E-state index contributed by atoms with van der Waals surface area (Å²) in [6.45, 7) is 1.85. The van der Waals surface area contributed by atoms with Crippen molar-refractivity contribution in [3.05, 3.63) is 29.0 Å². The van der Waals surface area contributed by atoms with E-state index in [0.717, 1.165) is 12.1 Å².